The molecule has 2 fully saturated rings. The quantitative estimate of drug-likeness (QED) is 0.386. The Kier molecular flexibility index (Phi) is 8.54. The van der Waals surface area contributed by atoms with Gasteiger partial charge >= 0.3 is 0 Å². The summed E-state index contributed by atoms with van der Waals surface area (Å²) in [5, 5.41) is 0.803. The van der Waals surface area contributed by atoms with Crippen LogP contribution in [0, 0.1) is 17.8 Å². The topological polar surface area (TPSA) is 0 Å². The van der Waals surface area contributed by atoms with Gasteiger partial charge in [-0.05, 0) is 78.2 Å². The van der Waals surface area contributed by atoms with Gasteiger partial charge in [0.2, 0.25) is 0 Å². The van der Waals surface area contributed by atoms with Crippen molar-refractivity contribution in [2.45, 2.75) is 96.3 Å². The Labute approximate surface area is 195 Å². The molecule has 0 aliphatic heterocycles. The van der Waals surface area contributed by atoms with Gasteiger partial charge in [-0.1, -0.05) is 113 Å². The highest BCUT2D eigenvalue weighted by Crippen LogP contribution is 2.40. The van der Waals surface area contributed by atoms with E-state index in [4.69, 9.17) is 11.6 Å². The highest BCUT2D eigenvalue weighted by atomic mass is 35.5. The highest BCUT2D eigenvalue weighted by molar-refractivity contribution is 6.30. The van der Waals surface area contributed by atoms with Crippen molar-refractivity contribution in [3.63, 3.8) is 0 Å². The molecule has 2 saturated carbocycles. The molecule has 2 aliphatic carbocycles. The average molecular weight is 437 g/mol. The number of rotatable bonds is 8. The van der Waals surface area contributed by atoms with Crippen molar-refractivity contribution in [3.05, 3.63) is 59.1 Å². The summed E-state index contributed by atoms with van der Waals surface area (Å²) < 4.78 is 0. The third kappa shape index (κ3) is 6.61. The standard InChI is InChI=1S/C30H41Cl/c1-2-3-4-23-5-7-24(8-6-23)9-10-25-11-13-26(14-12-25)27-15-17-28(18-16-27)29-19-21-30(31)22-20-29/h15-26H,2-14H2,1H3/t23-,24-,25-,26-. The lowest BCUT2D eigenvalue weighted by molar-refractivity contribution is 0.222. The van der Waals surface area contributed by atoms with Crippen molar-refractivity contribution in [2.75, 3.05) is 0 Å². The van der Waals surface area contributed by atoms with E-state index in [-0.39, 0.29) is 0 Å². The summed E-state index contributed by atoms with van der Waals surface area (Å²) in [4.78, 5) is 0. The Morgan fingerprint density at radius 3 is 1.58 bits per heavy atom. The third-order valence-corrected chi connectivity index (χ3v) is 8.57. The van der Waals surface area contributed by atoms with Gasteiger partial charge in [0.15, 0.2) is 0 Å². The van der Waals surface area contributed by atoms with Crippen LogP contribution in [0.25, 0.3) is 11.1 Å². The second-order valence-electron chi connectivity index (χ2n) is 10.5. The van der Waals surface area contributed by atoms with Crippen LogP contribution in [-0.4, -0.2) is 0 Å². The molecule has 2 aromatic carbocycles. The minimum absolute atomic E-state index is 0.768. The average Bonchev–Trinajstić information content (AvgIpc) is 2.83. The van der Waals surface area contributed by atoms with Gasteiger partial charge in [-0.3, -0.25) is 0 Å². The van der Waals surface area contributed by atoms with Crippen LogP contribution in [0.2, 0.25) is 5.02 Å². The molecule has 0 radical (unpaired) electrons. The second-order valence-corrected chi connectivity index (χ2v) is 10.9. The van der Waals surface area contributed by atoms with E-state index in [1.807, 2.05) is 12.1 Å². The van der Waals surface area contributed by atoms with Crippen LogP contribution in [0.5, 0.6) is 0 Å². The van der Waals surface area contributed by atoms with Crippen molar-refractivity contribution >= 4 is 11.6 Å². The zero-order valence-electron chi connectivity index (χ0n) is 19.5. The van der Waals surface area contributed by atoms with E-state index in [0.717, 1.165) is 28.7 Å². The number of hydrogen-bond donors (Lipinski definition) is 0. The zero-order valence-corrected chi connectivity index (χ0v) is 20.3. The van der Waals surface area contributed by atoms with Crippen molar-refractivity contribution in [3.8, 4) is 11.1 Å². The molecule has 2 aliphatic rings. The molecule has 31 heavy (non-hydrogen) atoms. The highest BCUT2D eigenvalue weighted by Gasteiger charge is 2.25. The van der Waals surface area contributed by atoms with Crippen molar-refractivity contribution in [1.29, 1.82) is 0 Å². The van der Waals surface area contributed by atoms with Gasteiger partial charge in [0.25, 0.3) is 0 Å². The smallest absolute Gasteiger partial charge is 0.0406 e. The maximum atomic E-state index is 6.03. The summed E-state index contributed by atoms with van der Waals surface area (Å²) >= 11 is 6.03. The molecule has 168 valence electrons. The van der Waals surface area contributed by atoms with E-state index in [2.05, 4.69) is 43.3 Å². The predicted molar refractivity (Wildman–Crippen MR) is 136 cm³/mol. The van der Waals surface area contributed by atoms with E-state index < -0.39 is 0 Å². The fraction of sp³-hybridized carbons (Fsp3) is 0.600. The van der Waals surface area contributed by atoms with E-state index in [1.165, 1.54) is 94.6 Å². The lowest BCUT2D eigenvalue weighted by Gasteiger charge is -2.32. The van der Waals surface area contributed by atoms with E-state index in [9.17, 15) is 0 Å². The molecule has 2 aromatic rings. The first kappa shape index (κ1) is 22.9. The van der Waals surface area contributed by atoms with Crippen LogP contribution in [0.1, 0.15) is 102 Å². The Bertz CT molecular complexity index is 759. The summed E-state index contributed by atoms with van der Waals surface area (Å²) in [5.74, 6) is 3.85. The first-order valence-electron chi connectivity index (χ1n) is 13.1. The first-order chi connectivity index (χ1) is 15.2. The molecule has 0 N–H and O–H groups in total. The Morgan fingerprint density at radius 1 is 0.613 bits per heavy atom. The largest absolute Gasteiger partial charge is 0.0843 e. The van der Waals surface area contributed by atoms with Crippen LogP contribution in [0.4, 0.5) is 0 Å². The maximum Gasteiger partial charge on any atom is 0.0406 e. The summed E-state index contributed by atoms with van der Waals surface area (Å²) in [5.41, 5.74) is 4.08. The van der Waals surface area contributed by atoms with Crippen LogP contribution in [-0.2, 0) is 0 Å². The molecule has 0 heterocycles. The van der Waals surface area contributed by atoms with Crippen molar-refractivity contribution in [2.24, 2.45) is 17.8 Å². The fourth-order valence-electron chi connectivity index (χ4n) is 6.15. The third-order valence-electron chi connectivity index (χ3n) is 8.32. The van der Waals surface area contributed by atoms with Crippen molar-refractivity contribution in [1.82, 2.24) is 0 Å². The van der Waals surface area contributed by atoms with Gasteiger partial charge in [0.05, 0.1) is 0 Å². The molecular formula is C30H41Cl. The van der Waals surface area contributed by atoms with Gasteiger partial charge in [-0.2, -0.15) is 0 Å². The monoisotopic (exact) mass is 436 g/mol. The molecule has 1 heteroatoms. The lowest BCUT2D eigenvalue weighted by atomic mass is 9.74. The van der Waals surface area contributed by atoms with Crippen molar-refractivity contribution < 1.29 is 0 Å². The van der Waals surface area contributed by atoms with Gasteiger partial charge < -0.3 is 0 Å². The number of unbranched alkanes of at least 4 members (excludes halogenated alkanes) is 1. The van der Waals surface area contributed by atoms with E-state index >= 15 is 0 Å². The fourth-order valence-corrected chi connectivity index (χ4v) is 6.27. The lowest BCUT2D eigenvalue weighted by Crippen LogP contribution is -2.17. The maximum absolute atomic E-state index is 6.03. The molecule has 0 nitrogen and oxygen atoms in total. The molecule has 0 atom stereocenters. The van der Waals surface area contributed by atoms with Crippen LogP contribution in [0.3, 0.4) is 0 Å². The van der Waals surface area contributed by atoms with Gasteiger partial charge in [0.1, 0.15) is 0 Å². The normalized spacial score (nSPS) is 26.6. The molecular weight excluding hydrogens is 396 g/mol. The molecule has 0 spiro atoms. The number of halogens is 1. The minimum Gasteiger partial charge on any atom is -0.0843 e. The van der Waals surface area contributed by atoms with E-state index in [1.54, 1.807) is 5.56 Å². The van der Waals surface area contributed by atoms with Crippen LogP contribution in [0.15, 0.2) is 48.5 Å². The van der Waals surface area contributed by atoms with Gasteiger partial charge in [0, 0.05) is 5.02 Å². The summed E-state index contributed by atoms with van der Waals surface area (Å²) in [6, 6.07) is 17.5. The van der Waals surface area contributed by atoms with Crippen LogP contribution < -0.4 is 0 Å². The Morgan fingerprint density at radius 2 is 1.06 bits per heavy atom. The second kappa shape index (κ2) is 11.6. The van der Waals surface area contributed by atoms with Crippen LogP contribution >= 0.6 is 11.6 Å². The molecule has 0 amide bonds. The van der Waals surface area contributed by atoms with Gasteiger partial charge in [-0.25, -0.2) is 0 Å². The minimum atomic E-state index is 0.768. The Hall–Kier alpha value is -1.27. The molecule has 0 aromatic heterocycles. The molecule has 0 bridgehead atoms. The predicted octanol–water partition coefficient (Wildman–Crippen LogP) is 10.1. The summed E-state index contributed by atoms with van der Waals surface area (Å²) in [6.07, 6.45) is 19.0. The molecule has 0 saturated heterocycles. The summed E-state index contributed by atoms with van der Waals surface area (Å²) in [6.45, 7) is 2.33. The first-order valence-corrected chi connectivity index (χ1v) is 13.4. The van der Waals surface area contributed by atoms with E-state index in [0.29, 0.717) is 0 Å². The Balaban J connectivity index is 1.18. The summed E-state index contributed by atoms with van der Waals surface area (Å²) in [7, 11) is 0. The molecule has 0 unspecified atom stereocenters. The number of hydrogen-bond acceptors (Lipinski definition) is 0. The van der Waals surface area contributed by atoms with Gasteiger partial charge in [-0.15, -0.1) is 0 Å². The number of benzene rings is 2. The zero-order chi connectivity index (χ0) is 21.5. The SMILES string of the molecule is CCCC[C@H]1CC[C@H](CC[C@H]2CC[C@H](c3ccc(-c4ccc(Cl)cc4)cc3)CC2)CC1. The molecule has 4 rings (SSSR count).